The summed E-state index contributed by atoms with van der Waals surface area (Å²) in [5, 5.41) is 11.7. The molecule has 12 heteroatoms. The zero-order chi connectivity index (χ0) is 28.1. The monoisotopic (exact) mass is 546 g/mol. The first-order valence-electron chi connectivity index (χ1n) is 13.1. The quantitative estimate of drug-likeness (QED) is 0.324. The van der Waals surface area contributed by atoms with Gasteiger partial charge in [-0.2, -0.15) is 5.10 Å². The molecule has 0 radical (unpaired) electrons. The Morgan fingerprint density at radius 1 is 1.10 bits per heavy atom. The van der Waals surface area contributed by atoms with Gasteiger partial charge in [0.1, 0.15) is 17.0 Å². The van der Waals surface area contributed by atoms with E-state index in [0.29, 0.717) is 40.2 Å². The number of imidazole rings is 1. The van der Waals surface area contributed by atoms with Crippen LogP contribution in [0.25, 0.3) is 34.1 Å². The molecule has 0 aliphatic heterocycles. The van der Waals surface area contributed by atoms with E-state index < -0.39 is 0 Å². The highest BCUT2D eigenvalue weighted by atomic mass is 16.5. The van der Waals surface area contributed by atoms with Crippen LogP contribution in [0.1, 0.15) is 34.1 Å². The van der Waals surface area contributed by atoms with Crippen molar-refractivity contribution >= 4 is 22.9 Å². The van der Waals surface area contributed by atoms with Gasteiger partial charge < -0.3 is 15.8 Å². The predicted molar refractivity (Wildman–Crippen MR) is 152 cm³/mol. The second kappa shape index (κ2) is 9.59. The summed E-state index contributed by atoms with van der Waals surface area (Å²) in [4.78, 5) is 27.2. The lowest BCUT2D eigenvalue weighted by atomic mass is 10.1. The third-order valence-electron chi connectivity index (χ3n) is 7.38. The van der Waals surface area contributed by atoms with Crippen molar-refractivity contribution in [1.29, 1.82) is 0 Å². The van der Waals surface area contributed by atoms with E-state index in [9.17, 15) is 4.79 Å². The zero-order valence-electron chi connectivity index (χ0n) is 22.4. The van der Waals surface area contributed by atoms with Crippen LogP contribution in [0, 0.1) is 0 Å². The number of anilines is 1. The number of nitrogens with zero attached hydrogens (tertiary/aromatic N) is 8. The van der Waals surface area contributed by atoms with Crippen LogP contribution in [0.2, 0.25) is 0 Å². The Morgan fingerprint density at radius 3 is 2.78 bits per heavy atom. The highest BCUT2D eigenvalue weighted by Gasteiger charge is 2.27. The van der Waals surface area contributed by atoms with Gasteiger partial charge in [0.05, 0.1) is 18.7 Å². The normalized spacial score (nSPS) is 14.3. The number of ether oxygens (including phenoxy) is 1. The minimum absolute atomic E-state index is 0.120. The Balaban J connectivity index is 1.30. The number of benzene rings is 1. The van der Waals surface area contributed by atoms with Crippen LogP contribution in [0.15, 0.2) is 73.2 Å². The third kappa shape index (κ3) is 4.16. The number of fused-ring (bicyclic) bond motifs is 2. The first kappa shape index (κ1) is 24.5. The molecular formula is C29H26N10O2. The van der Waals surface area contributed by atoms with Crippen molar-refractivity contribution in [2.45, 2.75) is 18.9 Å². The molecule has 7 rings (SSSR count). The summed E-state index contributed by atoms with van der Waals surface area (Å²) in [6, 6.07) is 17.1. The Bertz CT molecular complexity index is 1920. The second-order valence-electron chi connectivity index (χ2n) is 9.81. The largest absolute Gasteiger partial charge is 0.480 e. The number of nitrogens with two attached hydrogens (primary N) is 1. The van der Waals surface area contributed by atoms with E-state index in [0.717, 1.165) is 35.2 Å². The minimum atomic E-state index is -0.199. The number of pyridine rings is 2. The fourth-order valence-corrected chi connectivity index (χ4v) is 5.39. The molecule has 1 aliphatic carbocycles. The summed E-state index contributed by atoms with van der Waals surface area (Å²) < 4.78 is 10.4. The highest BCUT2D eigenvalue weighted by Crippen LogP contribution is 2.36. The van der Waals surface area contributed by atoms with Crippen LogP contribution in [-0.2, 0) is 13.5 Å². The zero-order valence-corrected chi connectivity index (χ0v) is 22.4. The van der Waals surface area contributed by atoms with Gasteiger partial charge in [-0.05, 0) is 66.4 Å². The molecular weight excluding hydrogens is 520 g/mol. The molecule has 0 saturated heterocycles. The van der Waals surface area contributed by atoms with Crippen LogP contribution in [0.3, 0.4) is 0 Å². The number of hydrogen-bond acceptors (Lipinski definition) is 8. The maximum atomic E-state index is 13.1. The molecule has 5 aromatic heterocycles. The fourth-order valence-electron chi connectivity index (χ4n) is 5.39. The van der Waals surface area contributed by atoms with Gasteiger partial charge in [-0.15, -0.1) is 5.10 Å². The van der Waals surface area contributed by atoms with Crippen LogP contribution in [0.4, 0.5) is 5.82 Å². The smallest absolute Gasteiger partial charge is 0.270 e. The number of hydrogen-bond donors (Lipinski definition) is 2. The van der Waals surface area contributed by atoms with Gasteiger partial charge in [0, 0.05) is 37.4 Å². The first-order chi connectivity index (χ1) is 20.0. The molecule has 0 bridgehead atoms. The standard InChI is InChI=1S/C29H26N10O2/c1-37-23(16-25(36-37)41-2)29(40)34-21-9-6-17-15-18(7-8-19(17)21)39-27(20-5-3-12-31-26(20)30)33-22-10-11-24(35-28(22)39)38-14-4-13-32-38/h3-5,7-8,10-16,21H,6,9H2,1-2H3,(H2,30,31)(H,34,40)/t21-/m0/s1. The fraction of sp³-hybridized carbons (Fsp3) is 0.172. The average Bonchev–Trinajstić information content (AvgIpc) is 3.78. The first-order valence-corrected chi connectivity index (χ1v) is 13.1. The van der Waals surface area contributed by atoms with Gasteiger partial charge in [0.2, 0.25) is 5.88 Å². The van der Waals surface area contributed by atoms with Gasteiger partial charge in [0.15, 0.2) is 17.3 Å². The number of rotatable bonds is 6. The van der Waals surface area contributed by atoms with E-state index in [1.54, 1.807) is 30.2 Å². The number of nitrogens with one attached hydrogen (secondary N) is 1. The summed E-state index contributed by atoms with van der Waals surface area (Å²) in [6.45, 7) is 0. The summed E-state index contributed by atoms with van der Waals surface area (Å²) in [7, 11) is 3.25. The van der Waals surface area contributed by atoms with E-state index in [1.807, 2.05) is 47.2 Å². The highest BCUT2D eigenvalue weighted by molar-refractivity contribution is 5.93. The van der Waals surface area contributed by atoms with E-state index >= 15 is 0 Å². The molecule has 1 aromatic carbocycles. The number of amides is 1. The maximum Gasteiger partial charge on any atom is 0.270 e. The molecule has 1 amide bonds. The van der Waals surface area contributed by atoms with Crippen LogP contribution in [0.5, 0.6) is 5.88 Å². The lowest BCUT2D eigenvalue weighted by Crippen LogP contribution is -2.28. The Labute approximate surface area is 234 Å². The molecule has 6 aromatic rings. The van der Waals surface area contributed by atoms with Crippen LogP contribution >= 0.6 is 0 Å². The Morgan fingerprint density at radius 2 is 2.00 bits per heavy atom. The predicted octanol–water partition coefficient (Wildman–Crippen LogP) is 3.41. The number of aryl methyl sites for hydroxylation is 2. The second-order valence-corrected chi connectivity index (χ2v) is 9.81. The van der Waals surface area contributed by atoms with Gasteiger partial charge >= 0.3 is 0 Å². The topological polar surface area (TPSA) is 144 Å². The van der Waals surface area contributed by atoms with Crippen molar-refractivity contribution in [2.75, 3.05) is 12.8 Å². The lowest BCUT2D eigenvalue weighted by Gasteiger charge is -2.16. The van der Waals surface area contributed by atoms with Crippen LogP contribution < -0.4 is 15.8 Å². The summed E-state index contributed by atoms with van der Waals surface area (Å²) in [5.74, 6) is 1.90. The Kier molecular flexibility index (Phi) is 5.73. The van der Waals surface area contributed by atoms with E-state index in [-0.39, 0.29) is 11.9 Å². The molecule has 0 fully saturated rings. The minimum Gasteiger partial charge on any atom is -0.480 e. The van der Waals surface area contributed by atoms with Crippen LogP contribution in [-0.4, -0.2) is 52.1 Å². The SMILES string of the molecule is COc1cc(C(=O)N[C@H]2CCc3cc(-n4c(-c5cccnc5N)nc5ccc(-n6cccn6)nc54)ccc32)n(C)n1. The molecule has 12 nitrogen and oxygen atoms in total. The summed E-state index contributed by atoms with van der Waals surface area (Å²) >= 11 is 0. The number of carbonyl (C=O) groups excluding carboxylic acids is 1. The summed E-state index contributed by atoms with van der Waals surface area (Å²) in [6.07, 6.45) is 6.82. The molecule has 41 heavy (non-hydrogen) atoms. The maximum absolute atomic E-state index is 13.1. The van der Waals surface area contributed by atoms with Crippen molar-refractivity contribution in [3.05, 3.63) is 90.0 Å². The number of methoxy groups -OCH3 is 1. The number of nitrogen functional groups attached to an aromatic ring is 1. The van der Waals surface area contributed by atoms with Crippen molar-refractivity contribution in [1.82, 2.24) is 44.4 Å². The van der Waals surface area contributed by atoms with E-state index in [2.05, 4.69) is 32.6 Å². The number of carbonyl (C=O) groups is 1. The van der Waals surface area contributed by atoms with Crippen molar-refractivity contribution < 1.29 is 9.53 Å². The molecule has 0 saturated carbocycles. The van der Waals surface area contributed by atoms with Crippen molar-refractivity contribution in [2.24, 2.45) is 7.05 Å². The Hall–Kier alpha value is -5.52. The lowest BCUT2D eigenvalue weighted by molar-refractivity contribution is 0.0927. The summed E-state index contributed by atoms with van der Waals surface area (Å²) in [5.41, 5.74) is 11.9. The third-order valence-corrected chi connectivity index (χ3v) is 7.38. The average molecular weight is 547 g/mol. The number of aromatic nitrogens is 8. The molecule has 5 heterocycles. The van der Waals surface area contributed by atoms with Gasteiger partial charge in [0.25, 0.3) is 5.91 Å². The molecule has 3 N–H and O–H groups in total. The van der Waals surface area contributed by atoms with E-state index in [4.69, 9.17) is 20.4 Å². The van der Waals surface area contributed by atoms with Crippen molar-refractivity contribution in [3.8, 4) is 28.8 Å². The molecule has 1 aliphatic rings. The van der Waals surface area contributed by atoms with Crippen molar-refractivity contribution in [3.63, 3.8) is 0 Å². The molecule has 0 unspecified atom stereocenters. The molecule has 1 atom stereocenters. The van der Waals surface area contributed by atoms with Gasteiger partial charge in [-0.3, -0.25) is 14.0 Å². The van der Waals surface area contributed by atoms with Gasteiger partial charge in [-0.1, -0.05) is 6.07 Å². The van der Waals surface area contributed by atoms with E-state index in [1.165, 1.54) is 11.8 Å². The molecule has 0 spiro atoms. The molecule has 204 valence electrons. The van der Waals surface area contributed by atoms with Gasteiger partial charge in [-0.25, -0.2) is 19.6 Å².